The fraction of sp³-hybridized carbons (Fsp3) is 0.940. The third-order valence-electron chi connectivity index (χ3n) is 19.4. The summed E-state index contributed by atoms with van der Waals surface area (Å²) in [5, 5.41) is 20.3. The largest absolute Gasteiger partial charge is 0.462 e. The molecule has 9 aliphatic rings. The molecule has 10 atom stereocenters. The smallest absolute Gasteiger partial charge is 0.306 e. The molecule has 584 valence electrons. The molecular formula is C83H163N7O9. The molecule has 9 saturated heterocycles. The summed E-state index contributed by atoms with van der Waals surface area (Å²) in [5.74, 6) is 7.78. The first-order valence-electron chi connectivity index (χ1n) is 41.1. The van der Waals surface area contributed by atoms with Crippen LogP contribution in [0.3, 0.4) is 0 Å². The SMILES string of the molecule is CC(=O)N1CCN[C@@H](CC(C)C)C1.CC(C)C[C@H]1CCC(=O)CN1.CC(C)C[C@H]1CCC(=O)CO1.CC(C)C[C@H]1CCCC(=O)N1.CC(C)C[C@H]1CCCC(=O)O1.CC(C)C[C@H]1CCCCN1.CC(C)C[C@H]1CCCCN1.CC(C)C[C@H]1CCCCO1.COC1CCN[C@@H](CC(C)C)C1. The number of hydrogen-bond acceptors (Lipinski definition) is 14. The minimum absolute atomic E-state index is 0.0121. The molecular weight excluding hydrogens is 1240 g/mol. The van der Waals surface area contributed by atoms with Gasteiger partial charge < -0.3 is 55.7 Å². The van der Waals surface area contributed by atoms with Gasteiger partial charge in [-0.2, -0.15) is 0 Å². The number of ketones is 2. The van der Waals surface area contributed by atoms with Gasteiger partial charge in [-0.05, 0) is 227 Å². The van der Waals surface area contributed by atoms with Gasteiger partial charge in [-0.15, -0.1) is 0 Å². The molecule has 99 heavy (non-hydrogen) atoms. The number of nitrogens with zero attached hydrogens (tertiary/aromatic N) is 1. The zero-order valence-corrected chi connectivity index (χ0v) is 68.2. The van der Waals surface area contributed by atoms with Crippen LogP contribution in [-0.4, -0.2) is 161 Å². The first-order chi connectivity index (χ1) is 46.9. The molecule has 6 N–H and O–H groups in total. The van der Waals surface area contributed by atoms with E-state index in [0.717, 1.165) is 152 Å². The molecule has 0 spiro atoms. The number of Topliss-reactive ketones (excluding diaryl/α,β-unsaturated/α-hetero) is 2. The number of ether oxygens (including phenoxy) is 4. The van der Waals surface area contributed by atoms with E-state index in [1.165, 1.54) is 122 Å². The highest BCUT2D eigenvalue weighted by Gasteiger charge is 2.26. The highest BCUT2D eigenvalue weighted by molar-refractivity contribution is 5.81. The quantitative estimate of drug-likeness (QED) is 0.0668. The molecule has 9 heterocycles. The number of carbonyl (C=O) groups excluding carboxylic acids is 5. The van der Waals surface area contributed by atoms with Gasteiger partial charge in [-0.25, -0.2) is 0 Å². The first-order valence-corrected chi connectivity index (χ1v) is 41.1. The van der Waals surface area contributed by atoms with Gasteiger partial charge in [0, 0.05) is 102 Å². The van der Waals surface area contributed by atoms with Crippen molar-refractivity contribution in [2.75, 3.05) is 66.1 Å². The normalized spacial score (nSPS) is 26.6. The van der Waals surface area contributed by atoms with E-state index in [1.807, 2.05) is 12.0 Å². The Morgan fingerprint density at radius 3 is 1.31 bits per heavy atom. The standard InChI is InChI=1S/C10H20N2O.C10H21NO.2C9H17NO.2C9H19N.2C9H16O2.C9H18O/c1-8(2)6-10-7-12(9(3)13)5-4-11-10;1-8(2)6-9-7-10(12-3)4-5-11-9;1-7(2)5-8-3-4-9(11)6-10-8;1-7(2)6-8-4-3-5-9(11)10-8;2*1-8(2)7-9-5-3-4-6-10-9;1-7(2)5-9-4-3-8(10)6-11-9;1-7(2)6-8-4-3-5-9(10)11-8;1-8(2)7-9-5-3-4-6-10-9/h8,10-11H,4-7H2,1-3H3;8-11H,4-7H2,1-3H3;7-8,10H,3-6H2,1-2H3;7-8H,3-6H2,1-2H3,(H,10,11);2*8-10H,3-7H2,1-2H3;7,9H,3-6H2,1-2H3;7-8H,3-6H2,1-2H3;8-9H,3-7H2,1-2H3/t10-;9-,10?;2*8-;3*9-;8-;9-/m001111111/s1. The van der Waals surface area contributed by atoms with Crippen LogP contribution >= 0.6 is 0 Å². The topological polar surface area (TPSA) is 198 Å². The Bertz CT molecular complexity index is 1860. The molecule has 0 saturated carbocycles. The fourth-order valence-electron chi connectivity index (χ4n) is 14.7. The second-order valence-electron chi connectivity index (χ2n) is 34.4. The predicted molar refractivity (Wildman–Crippen MR) is 415 cm³/mol. The predicted octanol–water partition coefficient (Wildman–Crippen LogP) is 16.6. The van der Waals surface area contributed by atoms with Crippen molar-refractivity contribution in [3.63, 3.8) is 0 Å². The van der Waals surface area contributed by atoms with E-state index in [2.05, 4.69) is 157 Å². The molecule has 16 nitrogen and oxygen atoms in total. The molecule has 9 rings (SSSR count). The van der Waals surface area contributed by atoms with E-state index in [9.17, 15) is 24.0 Å². The third kappa shape index (κ3) is 54.7. The number of nitrogens with one attached hydrogen (secondary N) is 6. The maximum absolute atomic E-state index is 11.1. The number of methoxy groups -OCH3 is 1. The highest BCUT2D eigenvalue weighted by atomic mass is 16.5. The molecule has 0 aliphatic carbocycles. The Kier molecular flexibility index (Phi) is 55.1. The lowest BCUT2D eigenvalue weighted by Crippen LogP contribution is -2.52. The molecule has 0 aromatic rings. The van der Waals surface area contributed by atoms with Gasteiger partial charge in [0.1, 0.15) is 18.5 Å². The van der Waals surface area contributed by atoms with E-state index in [-0.39, 0.29) is 29.7 Å². The molecule has 9 aliphatic heterocycles. The third-order valence-corrected chi connectivity index (χ3v) is 19.4. The maximum atomic E-state index is 11.1. The number of amides is 2. The average molecular weight is 1400 g/mol. The van der Waals surface area contributed by atoms with Crippen LogP contribution in [0.1, 0.15) is 324 Å². The highest BCUT2D eigenvalue weighted by Crippen LogP contribution is 2.24. The monoisotopic (exact) mass is 1400 g/mol. The number of hydrogen-bond donors (Lipinski definition) is 6. The van der Waals surface area contributed by atoms with Gasteiger partial charge in [0.05, 0.1) is 24.9 Å². The lowest BCUT2D eigenvalue weighted by molar-refractivity contribution is -0.154. The van der Waals surface area contributed by atoms with E-state index < -0.39 is 0 Å². The van der Waals surface area contributed by atoms with Crippen LogP contribution < -0.4 is 31.9 Å². The molecule has 0 aromatic carbocycles. The summed E-state index contributed by atoms with van der Waals surface area (Å²) in [6.45, 7) is 50.1. The summed E-state index contributed by atoms with van der Waals surface area (Å²) >= 11 is 0. The summed E-state index contributed by atoms with van der Waals surface area (Å²) in [4.78, 5) is 56.4. The summed E-state index contributed by atoms with van der Waals surface area (Å²) in [5.41, 5.74) is 0. The van der Waals surface area contributed by atoms with E-state index in [4.69, 9.17) is 18.9 Å². The van der Waals surface area contributed by atoms with Gasteiger partial charge in [-0.3, -0.25) is 24.0 Å². The molecule has 16 heteroatoms. The van der Waals surface area contributed by atoms with E-state index in [0.29, 0.717) is 91.5 Å². The molecule has 2 amide bonds. The van der Waals surface area contributed by atoms with Gasteiger partial charge in [0.25, 0.3) is 0 Å². The van der Waals surface area contributed by atoms with Gasteiger partial charge in [0.2, 0.25) is 11.8 Å². The number of carbonyl (C=O) groups is 5. The molecule has 0 aromatic heterocycles. The van der Waals surface area contributed by atoms with Crippen LogP contribution in [0.25, 0.3) is 0 Å². The molecule has 9 fully saturated rings. The maximum Gasteiger partial charge on any atom is 0.306 e. The van der Waals surface area contributed by atoms with E-state index in [1.54, 1.807) is 6.92 Å². The van der Waals surface area contributed by atoms with Crippen LogP contribution in [0.15, 0.2) is 0 Å². The number of rotatable bonds is 19. The Hall–Kier alpha value is -2.57. The Morgan fingerprint density at radius 1 is 0.424 bits per heavy atom. The van der Waals surface area contributed by atoms with Crippen molar-refractivity contribution in [2.45, 2.75) is 385 Å². The Balaban J connectivity index is 0.000000557. The van der Waals surface area contributed by atoms with Crippen molar-refractivity contribution in [3.05, 3.63) is 0 Å². The summed E-state index contributed by atoms with van der Waals surface area (Å²) in [6.07, 6.45) is 36.3. The van der Waals surface area contributed by atoms with Crippen molar-refractivity contribution in [1.82, 2.24) is 36.8 Å². The first kappa shape index (κ1) is 94.4. The van der Waals surface area contributed by atoms with Crippen molar-refractivity contribution in [1.29, 1.82) is 0 Å². The van der Waals surface area contributed by atoms with Crippen molar-refractivity contribution < 1.29 is 42.9 Å². The minimum Gasteiger partial charge on any atom is -0.462 e. The molecule has 0 radical (unpaired) electrons. The van der Waals surface area contributed by atoms with E-state index >= 15 is 0 Å². The van der Waals surface area contributed by atoms with Crippen molar-refractivity contribution in [2.24, 2.45) is 53.3 Å². The molecule has 0 bridgehead atoms. The molecule has 1 unspecified atom stereocenters. The van der Waals surface area contributed by atoms with Crippen LogP contribution in [0, 0.1) is 53.3 Å². The second-order valence-corrected chi connectivity index (χ2v) is 34.4. The lowest BCUT2D eigenvalue weighted by atomic mass is 9.94. The minimum atomic E-state index is -0.0121. The Morgan fingerprint density at radius 2 is 0.869 bits per heavy atom. The van der Waals surface area contributed by atoms with Crippen LogP contribution in [-0.2, 0) is 42.9 Å². The number of piperazine rings is 1. The van der Waals surface area contributed by atoms with Crippen molar-refractivity contribution >= 4 is 29.4 Å². The zero-order valence-electron chi connectivity index (χ0n) is 68.2. The van der Waals surface area contributed by atoms with Gasteiger partial charge in [0.15, 0.2) is 5.78 Å². The van der Waals surface area contributed by atoms with Gasteiger partial charge in [-0.1, -0.05) is 137 Å². The van der Waals surface area contributed by atoms with Gasteiger partial charge >= 0.3 is 5.97 Å². The number of piperidine rings is 5. The van der Waals surface area contributed by atoms with Crippen molar-refractivity contribution in [3.8, 4) is 0 Å². The number of cyclic esters (lactones) is 1. The summed E-state index contributed by atoms with van der Waals surface area (Å²) < 4.78 is 21.5. The lowest BCUT2D eigenvalue weighted by Gasteiger charge is -2.33. The number of esters is 1. The van der Waals surface area contributed by atoms with Crippen LogP contribution in [0.4, 0.5) is 0 Å². The second kappa shape index (κ2) is 57.7. The summed E-state index contributed by atoms with van der Waals surface area (Å²) in [6, 6.07) is 3.88. The summed E-state index contributed by atoms with van der Waals surface area (Å²) in [7, 11) is 1.82. The Labute approximate surface area is 610 Å². The fourth-order valence-corrected chi connectivity index (χ4v) is 14.7. The van der Waals surface area contributed by atoms with Crippen LogP contribution in [0.2, 0.25) is 0 Å². The average Bonchev–Trinajstić information content (AvgIpc) is 1.49. The zero-order chi connectivity index (χ0) is 74.1. The van der Waals surface area contributed by atoms with Crippen LogP contribution in [0.5, 0.6) is 0 Å².